The molecule has 3 aliphatic heterocycles. The van der Waals surface area contributed by atoms with E-state index in [1.807, 2.05) is 24.3 Å². The summed E-state index contributed by atoms with van der Waals surface area (Å²) in [5.74, 6) is -1.93. The van der Waals surface area contributed by atoms with Gasteiger partial charge in [-0.1, -0.05) is 60.7 Å². The van der Waals surface area contributed by atoms with Gasteiger partial charge in [0.05, 0.1) is 24.0 Å². The predicted molar refractivity (Wildman–Crippen MR) is 249 cm³/mol. The van der Waals surface area contributed by atoms with E-state index in [0.717, 1.165) is 22.3 Å². The molecule has 1 fully saturated rings. The van der Waals surface area contributed by atoms with E-state index < -0.39 is 48.1 Å². The fraction of sp³-hybridized carbons (Fsp3) is 0.143. The second kappa shape index (κ2) is 16.4. The monoisotopic (exact) mass is 908 g/mol. The summed E-state index contributed by atoms with van der Waals surface area (Å²) in [6, 6.07) is 44.9. The summed E-state index contributed by atoms with van der Waals surface area (Å²) in [5.41, 5.74) is 6.67. The number of phenols is 9. The Labute approximate surface area is 389 Å². The van der Waals surface area contributed by atoms with Gasteiger partial charge in [-0.15, -0.1) is 0 Å². The molecule has 0 spiro atoms. The molecule has 12 nitrogen and oxygen atoms in total. The van der Waals surface area contributed by atoms with Gasteiger partial charge in [0, 0.05) is 46.7 Å². The Hall–Kier alpha value is -8.48. The van der Waals surface area contributed by atoms with E-state index in [1.54, 1.807) is 127 Å². The average Bonchev–Trinajstić information content (AvgIpc) is 4.01. The summed E-state index contributed by atoms with van der Waals surface area (Å²) in [6.45, 7) is 0. The fourth-order valence-corrected chi connectivity index (χ4v) is 10.6. The van der Waals surface area contributed by atoms with Crippen molar-refractivity contribution in [2.75, 3.05) is 0 Å². The van der Waals surface area contributed by atoms with E-state index in [4.69, 9.17) is 14.2 Å². The number of rotatable bonds is 8. The molecule has 0 amide bonds. The van der Waals surface area contributed by atoms with Crippen molar-refractivity contribution in [3.8, 4) is 63.2 Å². The molecule has 12 heteroatoms. The van der Waals surface area contributed by atoms with Crippen molar-refractivity contribution in [2.45, 2.75) is 48.1 Å². The van der Waals surface area contributed by atoms with Gasteiger partial charge < -0.3 is 60.2 Å². The molecule has 8 aromatic rings. The number of phenolic OH excluding ortho intramolecular Hbond substituents is 9. The maximum Gasteiger partial charge on any atom is 0.135 e. The molecule has 0 bridgehead atoms. The molecule has 0 saturated carbocycles. The quantitative estimate of drug-likeness (QED) is 0.0697. The predicted octanol–water partition coefficient (Wildman–Crippen LogP) is 10.9. The lowest BCUT2D eigenvalue weighted by molar-refractivity contribution is 0.0365. The summed E-state index contributed by atoms with van der Waals surface area (Å²) in [4.78, 5) is 0. The smallest absolute Gasteiger partial charge is 0.135 e. The Kier molecular flexibility index (Phi) is 10.2. The Morgan fingerprint density at radius 1 is 0.265 bits per heavy atom. The molecule has 68 heavy (non-hydrogen) atoms. The van der Waals surface area contributed by atoms with Crippen LogP contribution >= 0.6 is 0 Å². The summed E-state index contributed by atoms with van der Waals surface area (Å²) in [7, 11) is 0. The first-order chi connectivity index (χ1) is 32.8. The molecule has 3 heterocycles. The van der Waals surface area contributed by atoms with Crippen LogP contribution < -0.4 is 9.47 Å². The first-order valence-corrected chi connectivity index (χ1v) is 22.1. The minimum atomic E-state index is -0.755. The van der Waals surface area contributed by atoms with Crippen LogP contribution in [-0.2, 0) is 4.74 Å². The molecule has 340 valence electrons. The molecule has 11 rings (SSSR count). The second-order valence-corrected chi connectivity index (χ2v) is 17.7. The van der Waals surface area contributed by atoms with Crippen LogP contribution in [0.1, 0.15) is 104 Å². The van der Waals surface area contributed by atoms with E-state index in [9.17, 15) is 46.0 Å². The average molecular weight is 909 g/mol. The third-order valence-electron chi connectivity index (χ3n) is 13.5. The van der Waals surface area contributed by atoms with Crippen molar-refractivity contribution in [3.05, 3.63) is 219 Å². The highest BCUT2D eigenvalue weighted by atomic mass is 16.5. The summed E-state index contributed by atoms with van der Waals surface area (Å²) < 4.78 is 20.6. The Morgan fingerprint density at radius 3 is 1.07 bits per heavy atom. The fourth-order valence-electron chi connectivity index (χ4n) is 10.6. The van der Waals surface area contributed by atoms with Crippen LogP contribution in [0.2, 0.25) is 0 Å². The van der Waals surface area contributed by atoms with E-state index in [1.165, 1.54) is 12.1 Å². The van der Waals surface area contributed by atoms with Gasteiger partial charge in [0.2, 0.25) is 0 Å². The molecule has 0 radical (unpaired) electrons. The van der Waals surface area contributed by atoms with Crippen molar-refractivity contribution < 1.29 is 60.2 Å². The lowest BCUT2D eigenvalue weighted by atomic mass is 9.73. The Bertz CT molecular complexity index is 3150. The molecular formula is C56H44O12. The maximum atomic E-state index is 12.4. The highest BCUT2D eigenvalue weighted by Gasteiger charge is 2.50. The molecule has 0 aliphatic carbocycles. The molecule has 1 saturated heterocycles. The zero-order chi connectivity index (χ0) is 47.0. The van der Waals surface area contributed by atoms with Crippen molar-refractivity contribution >= 4 is 0 Å². The van der Waals surface area contributed by atoms with Gasteiger partial charge in [-0.2, -0.15) is 0 Å². The van der Waals surface area contributed by atoms with Gasteiger partial charge in [-0.3, -0.25) is 0 Å². The number of hydrogen-bond acceptors (Lipinski definition) is 12. The molecule has 0 aromatic heterocycles. The van der Waals surface area contributed by atoms with Crippen molar-refractivity contribution in [1.82, 2.24) is 0 Å². The molecule has 8 aromatic carbocycles. The second-order valence-electron chi connectivity index (χ2n) is 17.7. The Morgan fingerprint density at radius 2 is 0.632 bits per heavy atom. The van der Waals surface area contributed by atoms with Crippen LogP contribution in [0.25, 0.3) is 0 Å². The van der Waals surface area contributed by atoms with E-state index in [0.29, 0.717) is 44.9 Å². The summed E-state index contributed by atoms with van der Waals surface area (Å²) in [6.07, 6.45) is -2.80. The largest absolute Gasteiger partial charge is 0.508 e. The normalized spacial score (nSPS) is 22.5. The van der Waals surface area contributed by atoms with Crippen LogP contribution in [0.5, 0.6) is 63.2 Å². The SMILES string of the molecule is Oc1ccc([C@H]2Oc3ccc([C@@H]4[C@@H](c5cc6c(cc5O)O[C@H](c5ccc(O)cc5)[C@H]6c5cc(O)cc(O)c5)[C@H](c5ccc(O)cc5)O[C@@H]4c4ccc(O)cc4)cc3[C@@H]2c2cc(O)cc(O)c2)cc1. The minimum absolute atomic E-state index is 0.0516. The molecule has 9 N–H and O–H groups in total. The summed E-state index contributed by atoms with van der Waals surface area (Å²) >= 11 is 0. The minimum Gasteiger partial charge on any atom is -0.508 e. The first kappa shape index (κ1) is 42.2. The van der Waals surface area contributed by atoms with Crippen LogP contribution in [-0.4, -0.2) is 46.0 Å². The van der Waals surface area contributed by atoms with Gasteiger partial charge in [-0.05, 0) is 124 Å². The van der Waals surface area contributed by atoms with Gasteiger partial charge in [0.25, 0.3) is 0 Å². The maximum absolute atomic E-state index is 12.4. The lowest BCUT2D eigenvalue weighted by Crippen LogP contribution is -2.15. The molecule has 0 unspecified atom stereocenters. The number of hydrogen-bond donors (Lipinski definition) is 9. The van der Waals surface area contributed by atoms with Crippen LogP contribution in [0.3, 0.4) is 0 Å². The molecular weight excluding hydrogens is 865 g/mol. The number of benzene rings is 8. The highest BCUT2D eigenvalue weighted by molar-refractivity contribution is 5.60. The van der Waals surface area contributed by atoms with Gasteiger partial charge in [0.15, 0.2) is 0 Å². The third-order valence-corrected chi connectivity index (χ3v) is 13.5. The lowest BCUT2D eigenvalue weighted by Gasteiger charge is -2.28. The van der Waals surface area contributed by atoms with Crippen molar-refractivity contribution in [2.24, 2.45) is 0 Å². The summed E-state index contributed by atoms with van der Waals surface area (Å²) in [5, 5.41) is 96.8. The van der Waals surface area contributed by atoms with E-state index >= 15 is 0 Å². The van der Waals surface area contributed by atoms with Gasteiger partial charge >= 0.3 is 0 Å². The highest BCUT2D eigenvalue weighted by Crippen LogP contribution is 2.63. The first-order valence-electron chi connectivity index (χ1n) is 22.1. The number of fused-ring (bicyclic) bond motifs is 2. The Balaban J connectivity index is 1.12. The van der Waals surface area contributed by atoms with Gasteiger partial charge in [-0.25, -0.2) is 0 Å². The third kappa shape index (κ3) is 7.50. The van der Waals surface area contributed by atoms with Gasteiger partial charge in [0.1, 0.15) is 75.5 Å². The van der Waals surface area contributed by atoms with Crippen LogP contribution in [0.15, 0.2) is 164 Å². The number of aromatic hydroxyl groups is 9. The van der Waals surface area contributed by atoms with E-state index in [2.05, 4.69) is 0 Å². The topological polar surface area (TPSA) is 210 Å². The van der Waals surface area contributed by atoms with Crippen LogP contribution in [0, 0.1) is 0 Å². The standard InChI is InChI=1S/C56H44O12/c57-35-10-1-28(2-11-35)53-49(33-19-39(61)24-40(62)20-33)44-23-32(9-18-47(44)66-53)51-52(56(31-7-16-38(60)17-8-31)68-55(51)30-5-14-37(59)15-6-30)43-26-45-48(27-46(43)65)67-54(29-3-12-36(58)13-4-29)50(45)34-21-41(63)25-42(64)22-34/h1-27,49-65H/t49-,50-,51+,52+,53+,54+,55+,56-/m0/s1. The van der Waals surface area contributed by atoms with Crippen molar-refractivity contribution in [3.63, 3.8) is 0 Å². The molecule has 8 atom stereocenters. The zero-order valence-electron chi connectivity index (χ0n) is 36.0. The zero-order valence-corrected chi connectivity index (χ0v) is 36.0. The number of ether oxygens (including phenoxy) is 3. The van der Waals surface area contributed by atoms with Crippen molar-refractivity contribution in [1.29, 1.82) is 0 Å². The molecule has 3 aliphatic rings. The van der Waals surface area contributed by atoms with Crippen LogP contribution in [0.4, 0.5) is 0 Å². The van der Waals surface area contributed by atoms with E-state index in [-0.39, 0.29) is 51.7 Å².